The molecular weight excluding hydrogens is 508 g/mol. The summed E-state index contributed by atoms with van der Waals surface area (Å²) in [5, 5.41) is 11.1. The molecule has 166 valence electrons. The van der Waals surface area contributed by atoms with E-state index in [1.807, 2.05) is 47.8 Å². The lowest BCUT2D eigenvalue weighted by Crippen LogP contribution is -1.99. The molecule has 0 aliphatic carbocycles. The summed E-state index contributed by atoms with van der Waals surface area (Å²) in [7, 11) is 3.22. The summed E-state index contributed by atoms with van der Waals surface area (Å²) in [4.78, 5) is 9.55. The van der Waals surface area contributed by atoms with Crippen molar-refractivity contribution in [2.75, 3.05) is 14.2 Å². The maximum absolute atomic E-state index is 6.00. The van der Waals surface area contributed by atoms with Gasteiger partial charge in [-0.05, 0) is 45.8 Å². The van der Waals surface area contributed by atoms with Crippen molar-refractivity contribution in [2.24, 2.45) is 0 Å². The van der Waals surface area contributed by atoms with E-state index >= 15 is 0 Å². The minimum absolute atomic E-state index is 0.0742. The van der Waals surface area contributed by atoms with Crippen molar-refractivity contribution in [3.05, 3.63) is 64.5 Å². The highest BCUT2D eigenvalue weighted by atomic mass is 79.9. The van der Waals surface area contributed by atoms with Crippen LogP contribution in [-0.2, 0) is 6.61 Å². The normalized spacial score (nSPS) is 11.0. The predicted octanol–water partition coefficient (Wildman–Crippen LogP) is 5.77. The topological polar surface area (TPSA) is 92.4 Å². The average molecular weight is 525 g/mol. The van der Waals surface area contributed by atoms with E-state index in [0.717, 1.165) is 31.4 Å². The van der Waals surface area contributed by atoms with Crippen molar-refractivity contribution in [3.63, 3.8) is 0 Å². The number of hydrogen-bond acceptors (Lipinski definition) is 9. The standard InChI is InChI=1S/C23H17BrN4O4S/c1-29-17-8-7-13(9-18(17)30-2)15-11-33-23-20(15)22(25-12-26-23)31-10-19-27-28-21(32-19)14-5-3-4-6-16(14)24/h3-9,11-12H,10H2,1-2H3. The maximum Gasteiger partial charge on any atom is 0.254 e. The minimum Gasteiger partial charge on any atom is -0.493 e. The second-order valence-electron chi connectivity index (χ2n) is 6.85. The van der Waals surface area contributed by atoms with Crippen molar-refractivity contribution in [1.82, 2.24) is 20.2 Å². The number of methoxy groups -OCH3 is 2. The molecule has 0 spiro atoms. The van der Waals surface area contributed by atoms with Gasteiger partial charge in [-0.15, -0.1) is 21.5 Å². The Labute approximate surface area is 201 Å². The molecule has 0 fully saturated rings. The van der Waals surface area contributed by atoms with Crippen molar-refractivity contribution >= 4 is 37.5 Å². The first kappa shape index (κ1) is 21.4. The lowest BCUT2D eigenvalue weighted by atomic mass is 10.1. The molecule has 5 rings (SSSR count). The maximum atomic E-state index is 6.00. The molecule has 0 aliphatic rings. The SMILES string of the molecule is COc1ccc(-c2csc3ncnc(OCc4nnc(-c5ccccc5Br)o4)c23)cc1OC. The summed E-state index contributed by atoms with van der Waals surface area (Å²) in [6.07, 6.45) is 1.48. The Morgan fingerprint density at radius 2 is 1.82 bits per heavy atom. The van der Waals surface area contributed by atoms with Gasteiger partial charge >= 0.3 is 0 Å². The van der Waals surface area contributed by atoms with Crippen LogP contribution in [-0.4, -0.2) is 34.4 Å². The van der Waals surface area contributed by atoms with Crippen LogP contribution >= 0.6 is 27.3 Å². The fourth-order valence-corrected chi connectivity index (χ4v) is 4.72. The zero-order valence-corrected chi connectivity index (χ0v) is 20.0. The van der Waals surface area contributed by atoms with E-state index in [2.05, 4.69) is 36.1 Å². The number of ether oxygens (including phenoxy) is 3. The zero-order valence-electron chi connectivity index (χ0n) is 17.6. The van der Waals surface area contributed by atoms with Gasteiger partial charge in [0.15, 0.2) is 18.1 Å². The van der Waals surface area contributed by atoms with Crippen LogP contribution in [0, 0.1) is 0 Å². The Balaban J connectivity index is 1.45. The fraction of sp³-hybridized carbons (Fsp3) is 0.130. The molecule has 33 heavy (non-hydrogen) atoms. The first-order chi connectivity index (χ1) is 16.2. The Bertz CT molecular complexity index is 1440. The van der Waals surface area contributed by atoms with Crippen LogP contribution in [0.1, 0.15) is 5.89 Å². The van der Waals surface area contributed by atoms with Gasteiger partial charge in [0.05, 0.1) is 25.2 Å². The molecule has 0 saturated carbocycles. The number of aromatic nitrogens is 4. The molecule has 5 aromatic rings. The number of halogens is 1. The fourth-order valence-electron chi connectivity index (χ4n) is 3.36. The van der Waals surface area contributed by atoms with Gasteiger partial charge in [-0.25, -0.2) is 9.97 Å². The number of hydrogen-bond donors (Lipinski definition) is 0. The Kier molecular flexibility index (Phi) is 5.93. The second-order valence-corrected chi connectivity index (χ2v) is 8.56. The number of thiophene rings is 1. The molecule has 2 aromatic carbocycles. The lowest BCUT2D eigenvalue weighted by Gasteiger charge is -2.10. The number of fused-ring (bicyclic) bond motifs is 1. The van der Waals surface area contributed by atoms with Gasteiger partial charge < -0.3 is 18.6 Å². The van der Waals surface area contributed by atoms with Crippen LogP contribution in [0.4, 0.5) is 0 Å². The van der Waals surface area contributed by atoms with Crippen LogP contribution in [0.3, 0.4) is 0 Å². The predicted molar refractivity (Wildman–Crippen MR) is 128 cm³/mol. The van der Waals surface area contributed by atoms with Gasteiger partial charge in [0.1, 0.15) is 11.2 Å². The minimum atomic E-state index is 0.0742. The summed E-state index contributed by atoms with van der Waals surface area (Å²) in [6, 6.07) is 13.4. The first-order valence-electron chi connectivity index (χ1n) is 9.82. The van der Waals surface area contributed by atoms with E-state index in [-0.39, 0.29) is 6.61 Å². The van der Waals surface area contributed by atoms with Crippen LogP contribution in [0.15, 0.2) is 63.1 Å². The first-order valence-corrected chi connectivity index (χ1v) is 11.5. The molecule has 0 radical (unpaired) electrons. The molecule has 10 heteroatoms. The van der Waals surface area contributed by atoms with Gasteiger partial charge in [0.2, 0.25) is 11.8 Å². The van der Waals surface area contributed by atoms with E-state index < -0.39 is 0 Å². The Hall–Kier alpha value is -3.50. The van der Waals surface area contributed by atoms with E-state index in [1.165, 1.54) is 17.7 Å². The largest absolute Gasteiger partial charge is 0.493 e. The number of nitrogens with zero attached hydrogens (tertiary/aromatic N) is 4. The summed E-state index contributed by atoms with van der Waals surface area (Å²) < 4.78 is 23.5. The molecule has 0 amide bonds. The third kappa shape index (κ3) is 4.14. The smallest absolute Gasteiger partial charge is 0.254 e. The van der Waals surface area contributed by atoms with Gasteiger partial charge in [-0.3, -0.25) is 0 Å². The molecule has 0 saturated heterocycles. The van der Waals surface area contributed by atoms with E-state index in [0.29, 0.717) is 29.2 Å². The highest BCUT2D eigenvalue weighted by Gasteiger charge is 2.18. The molecule has 3 aromatic heterocycles. The lowest BCUT2D eigenvalue weighted by molar-refractivity contribution is 0.258. The van der Waals surface area contributed by atoms with E-state index in [4.69, 9.17) is 18.6 Å². The summed E-state index contributed by atoms with van der Waals surface area (Å²) in [5.74, 6) is 2.49. The third-order valence-electron chi connectivity index (χ3n) is 4.93. The molecule has 0 aliphatic heterocycles. The molecule has 0 N–H and O–H groups in total. The molecule has 0 bridgehead atoms. The highest BCUT2D eigenvalue weighted by Crippen LogP contribution is 2.40. The quantitative estimate of drug-likeness (QED) is 0.265. The second kappa shape index (κ2) is 9.16. The number of benzene rings is 2. The van der Waals surface area contributed by atoms with Gasteiger partial charge in [0.25, 0.3) is 5.89 Å². The average Bonchev–Trinajstić information content (AvgIpc) is 3.50. The number of rotatable bonds is 7. The third-order valence-corrected chi connectivity index (χ3v) is 6.51. The summed E-state index contributed by atoms with van der Waals surface area (Å²) in [6.45, 7) is 0.0742. The van der Waals surface area contributed by atoms with Crippen molar-refractivity contribution in [1.29, 1.82) is 0 Å². The van der Waals surface area contributed by atoms with Crippen LogP contribution in [0.5, 0.6) is 17.4 Å². The Morgan fingerprint density at radius 1 is 0.970 bits per heavy atom. The van der Waals surface area contributed by atoms with Gasteiger partial charge in [-0.1, -0.05) is 18.2 Å². The highest BCUT2D eigenvalue weighted by molar-refractivity contribution is 9.10. The van der Waals surface area contributed by atoms with E-state index in [1.54, 1.807) is 14.2 Å². The molecule has 8 nitrogen and oxygen atoms in total. The van der Waals surface area contributed by atoms with Crippen molar-refractivity contribution < 1.29 is 18.6 Å². The van der Waals surface area contributed by atoms with E-state index in [9.17, 15) is 0 Å². The summed E-state index contributed by atoms with van der Waals surface area (Å²) >= 11 is 5.01. The molecule has 3 heterocycles. The van der Waals surface area contributed by atoms with Crippen LogP contribution < -0.4 is 14.2 Å². The monoisotopic (exact) mass is 524 g/mol. The molecule has 0 atom stereocenters. The van der Waals surface area contributed by atoms with Crippen molar-refractivity contribution in [2.45, 2.75) is 6.61 Å². The van der Waals surface area contributed by atoms with Crippen molar-refractivity contribution in [3.8, 4) is 40.0 Å². The summed E-state index contributed by atoms with van der Waals surface area (Å²) in [5.41, 5.74) is 2.69. The van der Waals surface area contributed by atoms with Crippen LogP contribution in [0.25, 0.3) is 32.8 Å². The Morgan fingerprint density at radius 3 is 2.64 bits per heavy atom. The van der Waals surface area contributed by atoms with Gasteiger partial charge in [0, 0.05) is 15.4 Å². The van der Waals surface area contributed by atoms with Gasteiger partial charge in [-0.2, -0.15) is 0 Å². The molecular formula is C23H17BrN4O4S. The zero-order chi connectivity index (χ0) is 22.8. The van der Waals surface area contributed by atoms with Crippen LogP contribution in [0.2, 0.25) is 0 Å². The molecule has 0 unspecified atom stereocenters.